The standard InChI is InChI=1S/C11H17N3O3/c1-7(2)14-10(16)9-6-12(8(3)15)4-5-13(9)11(14)17/h7,9H,4-6H2,1-3H3/t9-/m1/s1. The van der Waals surface area contributed by atoms with E-state index < -0.39 is 6.04 Å². The van der Waals surface area contributed by atoms with E-state index in [-0.39, 0.29) is 23.9 Å². The average molecular weight is 239 g/mol. The van der Waals surface area contributed by atoms with Crippen molar-refractivity contribution in [3.63, 3.8) is 0 Å². The molecule has 0 saturated carbocycles. The Kier molecular flexibility index (Phi) is 2.81. The van der Waals surface area contributed by atoms with E-state index >= 15 is 0 Å². The lowest BCUT2D eigenvalue weighted by Gasteiger charge is -2.34. The quantitative estimate of drug-likeness (QED) is 0.600. The fourth-order valence-electron chi connectivity index (χ4n) is 2.38. The number of carbonyl (C=O) groups excluding carboxylic acids is 3. The van der Waals surface area contributed by atoms with Gasteiger partial charge in [0.05, 0.1) is 6.54 Å². The number of hydrogen-bond acceptors (Lipinski definition) is 3. The maximum Gasteiger partial charge on any atom is 0.327 e. The van der Waals surface area contributed by atoms with Gasteiger partial charge in [-0.3, -0.25) is 14.5 Å². The van der Waals surface area contributed by atoms with Crippen molar-refractivity contribution >= 4 is 17.8 Å². The van der Waals surface area contributed by atoms with Gasteiger partial charge in [0.25, 0.3) is 5.91 Å². The molecule has 0 aromatic heterocycles. The minimum atomic E-state index is -0.484. The number of urea groups is 1. The molecule has 1 atom stereocenters. The Morgan fingerprint density at radius 3 is 2.47 bits per heavy atom. The Labute approximate surface area is 100 Å². The third-order valence-corrected chi connectivity index (χ3v) is 3.32. The largest absolute Gasteiger partial charge is 0.339 e. The molecule has 0 N–H and O–H groups in total. The number of hydrogen-bond donors (Lipinski definition) is 0. The van der Waals surface area contributed by atoms with Gasteiger partial charge in [-0.05, 0) is 13.8 Å². The molecule has 0 aromatic rings. The minimum Gasteiger partial charge on any atom is -0.339 e. The third-order valence-electron chi connectivity index (χ3n) is 3.32. The topological polar surface area (TPSA) is 60.9 Å². The lowest BCUT2D eigenvalue weighted by Crippen LogP contribution is -2.54. The summed E-state index contributed by atoms with van der Waals surface area (Å²) in [6.07, 6.45) is 0. The zero-order valence-electron chi connectivity index (χ0n) is 10.3. The summed E-state index contributed by atoms with van der Waals surface area (Å²) in [5, 5.41) is 0. The molecule has 0 unspecified atom stereocenters. The van der Waals surface area contributed by atoms with E-state index in [0.29, 0.717) is 19.6 Å². The SMILES string of the molecule is CC(=O)N1CCN2C(=O)N(C(C)C)C(=O)[C@H]2C1. The zero-order chi connectivity index (χ0) is 12.7. The van der Waals surface area contributed by atoms with Crippen molar-refractivity contribution in [1.82, 2.24) is 14.7 Å². The normalized spacial score (nSPS) is 24.7. The third kappa shape index (κ3) is 1.77. The summed E-state index contributed by atoms with van der Waals surface area (Å²) < 4.78 is 0. The predicted octanol–water partition coefficient (Wildman–Crippen LogP) is -0.110. The fourth-order valence-corrected chi connectivity index (χ4v) is 2.38. The monoisotopic (exact) mass is 239 g/mol. The van der Waals surface area contributed by atoms with E-state index in [1.54, 1.807) is 9.80 Å². The van der Waals surface area contributed by atoms with Crippen LogP contribution in [-0.2, 0) is 9.59 Å². The van der Waals surface area contributed by atoms with Crippen LogP contribution >= 0.6 is 0 Å². The van der Waals surface area contributed by atoms with E-state index in [4.69, 9.17) is 0 Å². The van der Waals surface area contributed by atoms with Crippen molar-refractivity contribution in [1.29, 1.82) is 0 Å². The molecule has 0 spiro atoms. The van der Waals surface area contributed by atoms with E-state index in [2.05, 4.69) is 0 Å². The van der Waals surface area contributed by atoms with Gasteiger partial charge in [-0.15, -0.1) is 0 Å². The van der Waals surface area contributed by atoms with Crippen molar-refractivity contribution in [3.05, 3.63) is 0 Å². The Hall–Kier alpha value is -1.59. The Balaban J connectivity index is 2.20. The lowest BCUT2D eigenvalue weighted by atomic mass is 10.2. The molecule has 2 aliphatic heterocycles. The van der Waals surface area contributed by atoms with Gasteiger partial charge in [-0.1, -0.05) is 0 Å². The van der Waals surface area contributed by atoms with Gasteiger partial charge in [-0.25, -0.2) is 4.79 Å². The summed E-state index contributed by atoms with van der Waals surface area (Å²) in [5.41, 5.74) is 0. The van der Waals surface area contributed by atoms with Gasteiger partial charge in [0, 0.05) is 26.1 Å². The summed E-state index contributed by atoms with van der Waals surface area (Å²) in [6.45, 7) is 6.39. The molecule has 94 valence electrons. The van der Waals surface area contributed by atoms with E-state index in [9.17, 15) is 14.4 Å². The Morgan fingerprint density at radius 2 is 1.94 bits per heavy atom. The maximum atomic E-state index is 12.1. The summed E-state index contributed by atoms with van der Waals surface area (Å²) in [6, 6.07) is -0.841. The molecule has 2 heterocycles. The molecule has 0 aromatic carbocycles. The van der Waals surface area contributed by atoms with Crippen LogP contribution in [0.15, 0.2) is 0 Å². The average Bonchev–Trinajstić information content (AvgIpc) is 2.51. The molecule has 2 rings (SSSR count). The second kappa shape index (κ2) is 4.01. The van der Waals surface area contributed by atoms with Crippen LogP contribution in [0.25, 0.3) is 0 Å². The molecule has 0 aliphatic carbocycles. The highest BCUT2D eigenvalue weighted by molar-refractivity contribution is 6.05. The number of rotatable bonds is 1. The molecule has 2 fully saturated rings. The van der Waals surface area contributed by atoms with Crippen LogP contribution in [0.1, 0.15) is 20.8 Å². The van der Waals surface area contributed by atoms with Gasteiger partial charge in [0.2, 0.25) is 5.91 Å². The molecule has 0 radical (unpaired) electrons. The van der Waals surface area contributed by atoms with Crippen LogP contribution in [0.2, 0.25) is 0 Å². The number of amides is 4. The first-order valence-corrected chi connectivity index (χ1v) is 5.82. The first-order chi connectivity index (χ1) is 7.93. The first-order valence-electron chi connectivity index (χ1n) is 5.82. The number of imide groups is 1. The number of fused-ring (bicyclic) bond motifs is 1. The van der Waals surface area contributed by atoms with Crippen molar-refractivity contribution in [2.45, 2.75) is 32.9 Å². The number of nitrogens with zero attached hydrogens (tertiary/aromatic N) is 3. The minimum absolute atomic E-state index is 0.0482. The summed E-state index contributed by atoms with van der Waals surface area (Å²) in [5.74, 6) is -0.233. The van der Waals surface area contributed by atoms with Crippen LogP contribution in [0, 0.1) is 0 Å². The lowest BCUT2D eigenvalue weighted by molar-refractivity contribution is -0.135. The maximum absolute atomic E-state index is 12.1. The molecule has 17 heavy (non-hydrogen) atoms. The van der Waals surface area contributed by atoms with Crippen LogP contribution in [0.3, 0.4) is 0 Å². The predicted molar refractivity (Wildman–Crippen MR) is 60.1 cm³/mol. The van der Waals surface area contributed by atoms with Crippen LogP contribution in [0.4, 0.5) is 4.79 Å². The van der Waals surface area contributed by atoms with Gasteiger partial charge in [0.15, 0.2) is 0 Å². The van der Waals surface area contributed by atoms with Crippen molar-refractivity contribution in [2.75, 3.05) is 19.6 Å². The van der Waals surface area contributed by atoms with Crippen molar-refractivity contribution in [2.24, 2.45) is 0 Å². The molecule has 0 bridgehead atoms. The van der Waals surface area contributed by atoms with Gasteiger partial charge < -0.3 is 9.80 Å². The number of piperazine rings is 1. The van der Waals surface area contributed by atoms with Crippen LogP contribution in [0.5, 0.6) is 0 Å². The van der Waals surface area contributed by atoms with Gasteiger partial charge in [-0.2, -0.15) is 0 Å². The van der Waals surface area contributed by atoms with E-state index in [1.807, 2.05) is 13.8 Å². The molecule has 6 heteroatoms. The van der Waals surface area contributed by atoms with E-state index in [0.717, 1.165) is 0 Å². The Bertz CT molecular complexity index is 380. The van der Waals surface area contributed by atoms with Crippen molar-refractivity contribution in [3.8, 4) is 0 Å². The highest BCUT2D eigenvalue weighted by Crippen LogP contribution is 2.23. The molecule has 2 saturated heterocycles. The first kappa shape index (κ1) is 11.9. The fraction of sp³-hybridized carbons (Fsp3) is 0.727. The summed E-state index contributed by atoms with van der Waals surface area (Å²) >= 11 is 0. The van der Waals surface area contributed by atoms with Crippen LogP contribution < -0.4 is 0 Å². The molecule has 4 amide bonds. The highest BCUT2D eigenvalue weighted by atomic mass is 16.2. The van der Waals surface area contributed by atoms with Gasteiger partial charge in [0.1, 0.15) is 6.04 Å². The van der Waals surface area contributed by atoms with E-state index in [1.165, 1.54) is 11.8 Å². The Morgan fingerprint density at radius 1 is 1.29 bits per heavy atom. The number of carbonyl (C=O) groups is 3. The molecular weight excluding hydrogens is 222 g/mol. The smallest absolute Gasteiger partial charge is 0.327 e. The zero-order valence-corrected chi connectivity index (χ0v) is 10.3. The highest BCUT2D eigenvalue weighted by Gasteiger charge is 2.48. The van der Waals surface area contributed by atoms with Crippen LogP contribution in [-0.4, -0.2) is 64.3 Å². The summed E-state index contributed by atoms with van der Waals surface area (Å²) in [4.78, 5) is 39.8. The second-order valence-corrected chi connectivity index (χ2v) is 4.76. The summed E-state index contributed by atoms with van der Waals surface area (Å²) in [7, 11) is 0. The second-order valence-electron chi connectivity index (χ2n) is 4.76. The molecule has 2 aliphatic rings. The molecule has 6 nitrogen and oxygen atoms in total. The van der Waals surface area contributed by atoms with Gasteiger partial charge >= 0.3 is 6.03 Å². The van der Waals surface area contributed by atoms with Crippen molar-refractivity contribution < 1.29 is 14.4 Å². The molecular formula is C11H17N3O3.